The fourth-order valence-electron chi connectivity index (χ4n) is 1.30. The Morgan fingerprint density at radius 2 is 2.17 bits per heavy atom. The summed E-state index contributed by atoms with van der Waals surface area (Å²) < 4.78 is 1.27. The Balaban J connectivity index is 3.33. The van der Waals surface area contributed by atoms with Crippen LogP contribution < -0.4 is 0 Å². The van der Waals surface area contributed by atoms with Crippen LogP contribution in [0.3, 0.4) is 0 Å². The molecule has 1 aromatic carbocycles. The molecule has 1 nitrogen and oxygen atoms in total. The lowest BCUT2D eigenvalue weighted by Crippen LogP contribution is -1.86. The summed E-state index contributed by atoms with van der Waals surface area (Å²) in [6.07, 6.45) is 1.02. The standard InChI is InChI=1S/C10H12IN/c1-4-8-6-9(11)5-7(2)10(8)12-3/h5-6H,3-4H2,1-2H3. The predicted octanol–water partition coefficient (Wildman–Crippen LogP) is 3.49. The van der Waals surface area contributed by atoms with Gasteiger partial charge in [0.05, 0.1) is 5.69 Å². The first kappa shape index (κ1) is 9.71. The van der Waals surface area contributed by atoms with Gasteiger partial charge in [-0.3, -0.25) is 4.99 Å². The molecule has 0 amide bonds. The van der Waals surface area contributed by atoms with Gasteiger partial charge in [0, 0.05) is 3.57 Å². The van der Waals surface area contributed by atoms with Crippen molar-refractivity contribution in [1.29, 1.82) is 0 Å². The first-order valence-corrected chi connectivity index (χ1v) is 5.02. The zero-order chi connectivity index (χ0) is 9.14. The minimum atomic E-state index is 1.02. The molecule has 0 aliphatic rings. The van der Waals surface area contributed by atoms with Crippen molar-refractivity contribution >= 4 is 35.0 Å². The van der Waals surface area contributed by atoms with Gasteiger partial charge in [0.15, 0.2) is 0 Å². The van der Waals surface area contributed by atoms with Gasteiger partial charge in [-0.15, -0.1) is 0 Å². The van der Waals surface area contributed by atoms with E-state index in [1.165, 1.54) is 14.7 Å². The van der Waals surface area contributed by atoms with Crippen LogP contribution >= 0.6 is 22.6 Å². The number of aryl methyl sites for hydroxylation is 2. The SMILES string of the molecule is C=Nc1c(C)cc(I)cc1CC. The second-order valence-electron chi connectivity index (χ2n) is 2.74. The smallest absolute Gasteiger partial charge is 0.0684 e. The van der Waals surface area contributed by atoms with Gasteiger partial charge in [-0.2, -0.15) is 0 Å². The summed E-state index contributed by atoms with van der Waals surface area (Å²) in [4.78, 5) is 4.03. The summed E-state index contributed by atoms with van der Waals surface area (Å²) in [5.74, 6) is 0. The lowest BCUT2D eigenvalue weighted by Gasteiger charge is -2.06. The van der Waals surface area contributed by atoms with Gasteiger partial charge < -0.3 is 0 Å². The van der Waals surface area contributed by atoms with Crippen LogP contribution in [0.25, 0.3) is 0 Å². The summed E-state index contributed by atoms with van der Waals surface area (Å²) in [5, 5.41) is 0. The van der Waals surface area contributed by atoms with Gasteiger partial charge in [0.1, 0.15) is 0 Å². The molecule has 1 aromatic rings. The lowest BCUT2D eigenvalue weighted by atomic mass is 10.1. The van der Waals surface area contributed by atoms with Gasteiger partial charge >= 0.3 is 0 Å². The fraction of sp³-hybridized carbons (Fsp3) is 0.300. The van der Waals surface area contributed by atoms with Crippen LogP contribution in [0.5, 0.6) is 0 Å². The van der Waals surface area contributed by atoms with Crippen molar-refractivity contribution in [2.75, 3.05) is 0 Å². The third-order valence-electron chi connectivity index (χ3n) is 1.88. The monoisotopic (exact) mass is 273 g/mol. The molecule has 0 aromatic heterocycles. The average molecular weight is 273 g/mol. The molecule has 1 rings (SSSR count). The van der Waals surface area contributed by atoms with Gasteiger partial charge in [-0.1, -0.05) is 6.92 Å². The zero-order valence-corrected chi connectivity index (χ0v) is 9.55. The molecule has 0 bridgehead atoms. The van der Waals surface area contributed by atoms with E-state index in [4.69, 9.17) is 0 Å². The number of halogens is 1. The number of aliphatic imine (C=N–C) groups is 1. The van der Waals surface area contributed by atoms with Crippen molar-refractivity contribution in [3.05, 3.63) is 26.8 Å². The molecule has 0 aliphatic heterocycles. The van der Waals surface area contributed by atoms with E-state index in [0.717, 1.165) is 12.1 Å². The van der Waals surface area contributed by atoms with E-state index in [0.29, 0.717) is 0 Å². The van der Waals surface area contributed by atoms with Crippen molar-refractivity contribution in [1.82, 2.24) is 0 Å². The van der Waals surface area contributed by atoms with Crippen molar-refractivity contribution in [3.8, 4) is 0 Å². The zero-order valence-electron chi connectivity index (χ0n) is 7.39. The second-order valence-corrected chi connectivity index (χ2v) is 3.99. The van der Waals surface area contributed by atoms with E-state index in [2.05, 4.69) is 60.3 Å². The van der Waals surface area contributed by atoms with Crippen molar-refractivity contribution in [2.45, 2.75) is 20.3 Å². The molecule has 0 N–H and O–H groups in total. The Kier molecular flexibility index (Phi) is 3.26. The van der Waals surface area contributed by atoms with Crippen LogP contribution in [0.1, 0.15) is 18.1 Å². The highest BCUT2D eigenvalue weighted by molar-refractivity contribution is 14.1. The van der Waals surface area contributed by atoms with E-state index in [9.17, 15) is 0 Å². The largest absolute Gasteiger partial charge is 0.264 e. The summed E-state index contributed by atoms with van der Waals surface area (Å²) in [6, 6.07) is 4.29. The van der Waals surface area contributed by atoms with Crippen LogP contribution in [0.2, 0.25) is 0 Å². The number of hydrogen-bond acceptors (Lipinski definition) is 1. The van der Waals surface area contributed by atoms with E-state index in [1.807, 2.05) is 0 Å². The predicted molar refractivity (Wildman–Crippen MR) is 62.5 cm³/mol. The Hall–Kier alpha value is -0.380. The molecule has 0 fully saturated rings. The van der Waals surface area contributed by atoms with Crippen molar-refractivity contribution < 1.29 is 0 Å². The topological polar surface area (TPSA) is 12.4 Å². The molecule has 0 radical (unpaired) electrons. The lowest BCUT2D eigenvalue weighted by molar-refractivity contribution is 1.12. The molecule has 0 unspecified atom stereocenters. The van der Waals surface area contributed by atoms with Crippen molar-refractivity contribution in [3.63, 3.8) is 0 Å². The average Bonchev–Trinajstić information content (AvgIpc) is 2.03. The van der Waals surface area contributed by atoms with E-state index in [-0.39, 0.29) is 0 Å². The van der Waals surface area contributed by atoms with Crippen LogP contribution in [-0.2, 0) is 6.42 Å². The number of nitrogens with zero attached hydrogens (tertiary/aromatic N) is 1. The quantitative estimate of drug-likeness (QED) is 0.577. The second kappa shape index (κ2) is 4.03. The third kappa shape index (κ3) is 1.86. The van der Waals surface area contributed by atoms with E-state index < -0.39 is 0 Å². The fourth-order valence-corrected chi connectivity index (χ4v) is 2.14. The molecule has 0 saturated carbocycles. The summed E-state index contributed by atoms with van der Waals surface area (Å²) >= 11 is 2.33. The Morgan fingerprint density at radius 1 is 1.50 bits per heavy atom. The maximum Gasteiger partial charge on any atom is 0.0684 e. The minimum Gasteiger partial charge on any atom is -0.264 e. The highest BCUT2D eigenvalue weighted by atomic mass is 127. The van der Waals surface area contributed by atoms with Gasteiger partial charge in [-0.25, -0.2) is 0 Å². The molecule has 0 spiro atoms. The Labute approximate surface area is 87.0 Å². The van der Waals surface area contributed by atoms with Gasteiger partial charge in [0.25, 0.3) is 0 Å². The van der Waals surface area contributed by atoms with Crippen molar-refractivity contribution in [2.24, 2.45) is 4.99 Å². The van der Waals surface area contributed by atoms with Crippen LogP contribution in [0, 0.1) is 10.5 Å². The molecule has 12 heavy (non-hydrogen) atoms. The molecule has 0 aliphatic carbocycles. The van der Waals surface area contributed by atoms with Gasteiger partial charge in [0.2, 0.25) is 0 Å². The summed E-state index contributed by atoms with van der Waals surface area (Å²) in [7, 11) is 0. The highest BCUT2D eigenvalue weighted by Gasteiger charge is 2.03. The molecule has 2 heteroatoms. The number of rotatable bonds is 2. The molecule has 0 saturated heterocycles. The highest BCUT2D eigenvalue weighted by Crippen LogP contribution is 2.26. The summed E-state index contributed by atoms with van der Waals surface area (Å²) in [5.41, 5.74) is 3.56. The molecule has 0 heterocycles. The van der Waals surface area contributed by atoms with Crippen LogP contribution in [0.4, 0.5) is 5.69 Å². The van der Waals surface area contributed by atoms with E-state index in [1.54, 1.807) is 0 Å². The van der Waals surface area contributed by atoms with Crippen LogP contribution in [-0.4, -0.2) is 6.72 Å². The molecule has 0 atom stereocenters. The first-order chi connectivity index (χ1) is 5.69. The Bertz CT molecular complexity index is 305. The molecule has 64 valence electrons. The summed E-state index contributed by atoms with van der Waals surface area (Å²) in [6.45, 7) is 7.79. The molecular weight excluding hydrogens is 261 g/mol. The molecular formula is C10H12IN. The third-order valence-corrected chi connectivity index (χ3v) is 2.51. The normalized spacial score (nSPS) is 9.92. The minimum absolute atomic E-state index is 1.02. The first-order valence-electron chi connectivity index (χ1n) is 3.94. The maximum absolute atomic E-state index is 4.03. The van der Waals surface area contributed by atoms with E-state index >= 15 is 0 Å². The maximum atomic E-state index is 4.03. The van der Waals surface area contributed by atoms with Crippen LogP contribution in [0.15, 0.2) is 17.1 Å². The number of benzene rings is 1. The van der Waals surface area contributed by atoms with Gasteiger partial charge in [-0.05, 0) is 65.9 Å². The Morgan fingerprint density at radius 3 is 2.67 bits per heavy atom. The number of hydrogen-bond donors (Lipinski definition) is 0.